The van der Waals surface area contributed by atoms with Crippen LogP contribution in [0.4, 0.5) is 0 Å². The minimum atomic E-state index is 0. The van der Waals surface area contributed by atoms with Crippen LogP contribution < -0.4 is 5.32 Å². The molecule has 16 heteroatoms. The first-order valence-corrected chi connectivity index (χ1v) is 35.4. The van der Waals surface area contributed by atoms with Crippen LogP contribution in [0.1, 0.15) is 152 Å². The molecule has 0 aromatic carbocycles. The highest BCUT2D eigenvalue weighted by Crippen LogP contribution is 2.21. The van der Waals surface area contributed by atoms with Crippen molar-refractivity contribution in [1.29, 1.82) is 0 Å². The van der Waals surface area contributed by atoms with Gasteiger partial charge < -0.3 is 68.9 Å². The van der Waals surface area contributed by atoms with Crippen LogP contribution in [0, 0.1) is 5.92 Å². The zero-order valence-corrected chi connectivity index (χ0v) is 58.5. The molecule has 3 atom stereocenters. The molecule has 12 heterocycles. The molecule has 0 amide bonds. The first kappa shape index (κ1) is 86.8. The molecule has 12 fully saturated rings. The van der Waals surface area contributed by atoms with E-state index in [1.807, 2.05) is 0 Å². The molecule has 0 aromatic heterocycles. The van der Waals surface area contributed by atoms with Gasteiger partial charge in [-0.05, 0) is 260 Å². The van der Waals surface area contributed by atoms with Gasteiger partial charge in [0.15, 0.2) is 0 Å². The summed E-state index contributed by atoms with van der Waals surface area (Å²) in [6, 6.07) is 2.54. The Balaban J connectivity index is 0. The van der Waals surface area contributed by atoms with Gasteiger partial charge in [-0.25, -0.2) is 0 Å². The number of piperidine rings is 3. The van der Waals surface area contributed by atoms with Gasteiger partial charge in [-0.3, -0.25) is 4.90 Å². The van der Waals surface area contributed by atoms with Gasteiger partial charge in [0.25, 0.3) is 0 Å². The molecule has 0 bridgehead atoms. The zero-order chi connectivity index (χ0) is 60.2. The Morgan fingerprint density at radius 1 is 0.306 bits per heavy atom. The number of nitrogens with zero attached hydrogens (tertiary/aromatic N) is 13. The predicted octanol–water partition coefficient (Wildman–Crippen LogP) is 9.16. The van der Waals surface area contributed by atoms with Crippen molar-refractivity contribution < 1.29 is 4.74 Å². The average Bonchev–Trinajstić information content (AvgIpc) is 4.18. The van der Waals surface area contributed by atoms with Gasteiger partial charge in [-0.1, -0.05) is 54.9 Å². The standard InChI is InChI=1S/C9H18N2.3C7H15N.C6H14N2.C6H13N.C5H12N2.C5H11NO.C5H11NS.C5H11N.C4H9N.3CH4/c1-10-6-7-11-5-3-2-4-9(11)8-10;1-6-4-5-7(2)8(6)3;1-7-3-5-8(2)6-4-7;1-8-6-4-2-3-5-7-8;1-7-3-5-8(2)6-4-7;1-7-5-3-2-4-6-7;1-7-4-2-6-3-5-7;2*1-6-2-4-7-5-3-6;1-6-4-2-3-5-6;1-5-3-2-4-5;;;/h9H,2-8H2,1H3;6-7H,4-5H2,1-3H3;7H,3-6H2,1-2H3;2-7H2,1H3;3-6H2,1-2H3;2-6H2,1H3;6H,2-5H2,1H3;2*2-5H2,1H3;2-5H2,1H3;2-4H2,1H3;3*1H4. The van der Waals surface area contributed by atoms with Crippen LogP contribution >= 0.6 is 11.8 Å². The second-order valence-electron chi connectivity index (χ2n) is 27.1. The lowest BCUT2D eigenvalue weighted by atomic mass is 10.00. The fraction of sp³-hybridized carbons (Fsp3) is 1.00. The first-order chi connectivity index (χ1) is 39.4. The van der Waals surface area contributed by atoms with Crippen molar-refractivity contribution in [2.24, 2.45) is 5.92 Å². The highest BCUT2D eigenvalue weighted by atomic mass is 32.2. The molecule has 1 N–H and O–H groups in total. The van der Waals surface area contributed by atoms with Crippen molar-refractivity contribution >= 4 is 11.8 Å². The minimum Gasteiger partial charge on any atom is -0.379 e. The smallest absolute Gasteiger partial charge is 0.0594 e. The van der Waals surface area contributed by atoms with Crippen molar-refractivity contribution in [2.45, 2.75) is 170 Å². The molecular formula is C69H156N14OS. The fourth-order valence-corrected chi connectivity index (χ4v) is 12.5. The summed E-state index contributed by atoms with van der Waals surface area (Å²) in [5, 5.41) is 3.27. The van der Waals surface area contributed by atoms with Crippen LogP contribution in [0.25, 0.3) is 0 Å². The topological polar surface area (TPSA) is 63.4 Å². The zero-order valence-electron chi connectivity index (χ0n) is 57.7. The monoisotopic (exact) mass is 1230 g/mol. The van der Waals surface area contributed by atoms with Gasteiger partial charge >= 0.3 is 0 Å². The maximum Gasteiger partial charge on any atom is 0.0594 e. The summed E-state index contributed by atoms with van der Waals surface area (Å²) >= 11 is 2.06. The number of hydrogen-bond acceptors (Lipinski definition) is 16. The van der Waals surface area contributed by atoms with Crippen molar-refractivity contribution in [3.8, 4) is 0 Å². The summed E-state index contributed by atoms with van der Waals surface area (Å²) in [5.74, 6) is 3.64. The summed E-state index contributed by atoms with van der Waals surface area (Å²) in [6.45, 7) is 41.6. The van der Waals surface area contributed by atoms with Crippen LogP contribution in [0.15, 0.2) is 0 Å². The molecule has 514 valence electrons. The summed E-state index contributed by atoms with van der Waals surface area (Å²) in [5.41, 5.74) is 0. The van der Waals surface area contributed by atoms with E-state index in [9.17, 15) is 0 Å². The fourth-order valence-electron chi connectivity index (χ4n) is 11.4. The van der Waals surface area contributed by atoms with Crippen LogP contribution in [0.2, 0.25) is 0 Å². The lowest BCUT2D eigenvalue weighted by Gasteiger charge is -2.42. The van der Waals surface area contributed by atoms with Crippen LogP contribution in [0.5, 0.6) is 0 Å². The molecule has 0 radical (unpaired) electrons. The molecule has 12 saturated heterocycles. The minimum absolute atomic E-state index is 0. The van der Waals surface area contributed by atoms with Crippen LogP contribution in [-0.2, 0) is 4.74 Å². The summed E-state index contributed by atoms with van der Waals surface area (Å²) in [4.78, 5) is 31.2. The number of likely N-dealkylation sites (N-methyl/N-ethyl adjacent to an activating group) is 5. The molecule has 3 unspecified atom stereocenters. The maximum atomic E-state index is 5.10. The SMILES string of the molecule is C.C.C.CC1CCC(C)N1C.CC1CCN(C)CC1.CN1CCC1.CN1CCCC1.CN1CCCCC1.CN1CCCCCC1.CN1CCN(C)CC1.CN1CCN2CCCCC2C1.CN1CCNCC1.CN1CCOCC1.CN1CCSCC1. The van der Waals surface area contributed by atoms with Gasteiger partial charge in [-0.2, -0.15) is 11.8 Å². The van der Waals surface area contributed by atoms with E-state index in [4.69, 9.17) is 4.74 Å². The molecule has 12 aliphatic heterocycles. The molecule has 0 aromatic rings. The van der Waals surface area contributed by atoms with Gasteiger partial charge in [0, 0.05) is 128 Å². The summed E-state index contributed by atoms with van der Waals surface area (Å²) in [6.07, 6.45) is 24.1. The van der Waals surface area contributed by atoms with E-state index in [0.717, 1.165) is 63.4 Å². The molecule has 15 nitrogen and oxygen atoms in total. The normalized spacial score (nSPS) is 27.4. The lowest BCUT2D eigenvalue weighted by Crippen LogP contribution is -2.53. The van der Waals surface area contributed by atoms with Crippen LogP contribution in [-0.4, -0.2) is 361 Å². The number of thioether (sulfide) groups is 1. The maximum absolute atomic E-state index is 5.10. The Hall–Kier alpha value is -0.250. The summed E-state index contributed by atoms with van der Waals surface area (Å²) in [7, 11) is 26.2. The van der Waals surface area contributed by atoms with Crippen LogP contribution in [0.3, 0.4) is 0 Å². The lowest BCUT2D eigenvalue weighted by molar-refractivity contribution is 0.0503. The number of morpholine rings is 1. The van der Waals surface area contributed by atoms with E-state index >= 15 is 0 Å². The van der Waals surface area contributed by atoms with Gasteiger partial charge in [0.05, 0.1) is 13.2 Å². The third-order valence-electron chi connectivity index (χ3n) is 18.8. The third kappa shape index (κ3) is 49.1. The largest absolute Gasteiger partial charge is 0.379 e. The van der Waals surface area contributed by atoms with E-state index in [1.165, 1.54) is 265 Å². The Morgan fingerprint density at radius 3 is 0.965 bits per heavy atom. The Morgan fingerprint density at radius 2 is 0.647 bits per heavy atom. The number of rotatable bonds is 0. The molecule has 85 heavy (non-hydrogen) atoms. The van der Waals surface area contributed by atoms with Crippen molar-refractivity contribution in [3.63, 3.8) is 0 Å². The number of ether oxygens (including phenoxy) is 1. The van der Waals surface area contributed by atoms with E-state index in [1.54, 1.807) is 0 Å². The number of nitrogens with one attached hydrogen (secondary N) is 1. The Labute approximate surface area is 538 Å². The summed E-state index contributed by atoms with van der Waals surface area (Å²) < 4.78 is 5.10. The molecular weight excluding hydrogens is 1070 g/mol. The Bertz CT molecular complexity index is 1240. The number of hydrogen-bond donors (Lipinski definition) is 1. The first-order valence-electron chi connectivity index (χ1n) is 34.3. The van der Waals surface area contributed by atoms with E-state index < -0.39 is 0 Å². The van der Waals surface area contributed by atoms with E-state index in [2.05, 4.69) is 186 Å². The number of piperazine rings is 3. The molecule has 0 spiro atoms. The van der Waals surface area contributed by atoms with E-state index in [0.29, 0.717) is 0 Å². The number of fused-ring (bicyclic) bond motifs is 1. The van der Waals surface area contributed by atoms with Gasteiger partial charge in [-0.15, -0.1) is 0 Å². The predicted molar refractivity (Wildman–Crippen MR) is 383 cm³/mol. The van der Waals surface area contributed by atoms with E-state index in [-0.39, 0.29) is 22.3 Å². The van der Waals surface area contributed by atoms with Crippen molar-refractivity contribution in [1.82, 2.24) is 69.0 Å². The second-order valence-corrected chi connectivity index (χ2v) is 28.3. The average molecular weight is 1230 g/mol. The second kappa shape index (κ2) is 56.5. The molecule has 0 aliphatic carbocycles. The molecule has 0 saturated carbocycles. The third-order valence-corrected chi connectivity index (χ3v) is 19.7. The highest BCUT2D eigenvalue weighted by Gasteiger charge is 2.27. The van der Waals surface area contributed by atoms with Gasteiger partial charge in [0.1, 0.15) is 0 Å². The highest BCUT2D eigenvalue weighted by molar-refractivity contribution is 7.99. The quantitative estimate of drug-likeness (QED) is 0.251. The molecule has 12 aliphatic rings. The Kier molecular flexibility index (Phi) is 57.7. The molecule has 12 rings (SSSR count). The van der Waals surface area contributed by atoms with Crippen molar-refractivity contribution in [2.75, 3.05) is 279 Å². The van der Waals surface area contributed by atoms with Crippen molar-refractivity contribution in [3.05, 3.63) is 0 Å². The number of likely N-dealkylation sites (tertiary alicyclic amines) is 6. The van der Waals surface area contributed by atoms with Gasteiger partial charge in [0.2, 0.25) is 0 Å².